The summed E-state index contributed by atoms with van der Waals surface area (Å²) in [5, 5.41) is 0. The van der Waals surface area contributed by atoms with Crippen LogP contribution in [0.25, 0.3) is 0 Å². The standard InChI is InChI=1S/C7H7F3N2O/c8-7(9,10)6-1-2-12-3-5(6)4-13-11/h1-3H,4,11H2. The quantitative estimate of drug-likeness (QED) is 0.722. The molecule has 0 aromatic carbocycles. The fourth-order valence-electron chi connectivity index (χ4n) is 0.908. The summed E-state index contributed by atoms with van der Waals surface area (Å²) in [6.45, 7) is -0.303. The Morgan fingerprint density at radius 3 is 2.69 bits per heavy atom. The lowest BCUT2D eigenvalue weighted by atomic mass is 10.1. The van der Waals surface area contributed by atoms with Gasteiger partial charge in [-0.2, -0.15) is 13.2 Å². The second-order valence-corrected chi connectivity index (χ2v) is 2.34. The van der Waals surface area contributed by atoms with Gasteiger partial charge in [0.1, 0.15) is 0 Å². The van der Waals surface area contributed by atoms with Crippen molar-refractivity contribution in [1.82, 2.24) is 4.98 Å². The fourth-order valence-corrected chi connectivity index (χ4v) is 0.908. The smallest absolute Gasteiger partial charge is 0.300 e. The summed E-state index contributed by atoms with van der Waals surface area (Å²) < 4.78 is 36.7. The molecule has 0 aliphatic carbocycles. The normalized spacial score (nSPS) is 11.7. The molecule has 0 unspecified atom stereocenters. The summed E-state index contributed by atoms with van der Waals surface area (Å²) in [7, 11) is 0. The van der Waals surface area contributed by atoms with E-state index in [1.807, 2.05) is 0 Å². The maximum absolute atomic E-state index is 12.2. The van der Waals surface area contributed by atoms with Crippen molar-refractivity contribution in [2.24, 2.45) is 5.90 Å². The van der Waals surface area contributed by atoms with Crippen LogP contribution in [0.4, 0.5) is 13.2 Å². The van der Waals surface area contributed by atoms with E-state index in [-0.39, 0.29) is 12.2 Å². The fraction of sp³-hybridized carbons (Fsp3) is 0.286. The lowest BCUT2D eigenvalue weighted by molar-refractivity contribution is -0.139. The predicted octanol–water partition coefficient (Wildman–Crippen LogP) is 1.49. The van der Waals surface area contributed by atoms with Crippen LogP contribution >= 0.6 is 0 Å². The number of alkyl halides is 3. The van der Waals surface area contributed by atoms with Gasteiger partial charge >= 0.3 is 6.18 Å². The van der Waals surface area contributed by atoms with Gasteiger partial charge in [-0.05, 0) is 6.07 Å². The van der Waals surface area contributed by atoms with Gasteiger partial charge in [0.25, 0.3) is 0 Å². The summed E-state index contributed by atoms with van der Waals surface area (Å²) in [6.07, 6.45) is -2.24. The minimum Gasteiger partial charge on any atom is -0.300 e. The number of nitrogens with zero attached hydrogens (tertiary/aromatic N) is 1. The Kier molecular flexibility index (Phi) is 2.84. The van der Waals surface area contributed by atoms with Crippen LogP contribution in [0.5, 0.6) is 0 Å². The minimum atomic E-state index is -4.39. The summed E-state index contributed by atoms with van der Waals surface area (Å²) in [5.41, 5.74) is -0.842. The Bertz CT molecular complexity index is 287. The zero-order valence-corrected chi connectivity index (χ0v) is 6.51. The Morgan fingerprint density at radius 2 is 2.15 bits per heavy atom. The maximum Gasteiger partial charge on any atom is 0.416 e. The number of nitrogens with two attached hydrogens (primary N) is 1. The van der Waals surface area contributed by atoms with Gasteiger partial charge in [0.2, 0.25) is 0 Å². The first-order valence-electron chi connectivity index (χ1n) is 3.37. The molecular weight excluding hydrogens is 185 g/mol. The zero-order chi connectivity index (χ0) is 9.90. The van der Waals surface area contributed by atoms with Crippen molar-refractivity contribution in [2.75, 3.05) is 0 Å². The molecule has 0 amide bonds. The highest BCUT2D eigenvalue weighted by molar-refractivity contribution is 5.25. The average molecular weight is 192 g/mol. The molecule has 1 aromatic rings. The van der Waals surface area contributed by atoms with Gasteiger partial charge in [0.15, 0.2) is 0 Å². The molecule has 3 nitrogen and oxygen atoms in total. The van der Waals surface area contributed by atoms with E-state index in [4.69, 9.17) is 0 Å². The van der Waals surface area contributed by atoms with Crippen LogP contribution in [0.15, 0.2) is 18.5 Å². The monoisotopic (exact) mass is 192 g/mol. The molecule has 2 N–H and O–H groups in total. The third kappa shape index (κ3) is 2.40. The van der Waals surface area contributed by atoms with E-state index in [1.54, 1.807) is 0 Å². The van der Waals surface area contributed by atoms with Gasteiger partial charge < -0.3 is 0 Å². The number of rotatable bonds is 2. The van der Waals surface area contributed by atoms with Crippen molar-refractivity contribution in [3.05, 3.63) is 29.6 Å². The topological polar surface area (TPSA) is 48.1 Å². The maximum atomic E-state index is 12.2. The van der Waals surface area contributed by atoms with E-state index in [1.165, 1.54) is 0 Å². The molecule has 13 heavy (non-hydrogen) atoms. The molecule has 1 heterocycles. The van der Waals surface area contributed by atoms with E-state index in [0.29, 0.717) is 0 Å². The van der Waals surface area contributed by atoms with Gasteiger partial charge in [0.05, 0.1) is 12.2 Å². The van der Waals surface area contributed by atoms with Crippen molar-refractivity contribution in [3.63, 3.8) is 0 Å². The number of aromatic nitrogens is 1. The molecule has 0 saturated carbocycles. The molecule has 0 fully saturated rings. The van der Waals surface area contributed by atoms with Gasteiger partial charge in [-0.1, -0.05) is 0 Å². The molecule has 1 rings (SSSR count). The Hall–Kier alpha value is -1.14. The summed E-state index contributed by atoms with van der Waals surface area (Å²) in [6, 6.07) is 0.883. The first-order chi connectivity index (χ1) is 6.05. The average Bonchev–Trinajstić information content (AvgIpc) is 2.04. The van der Waals surface area contributed by atoms with Crippen LogP contribution in [0.3, 0.4) is 0 Å². The molecule has 0 spiro atoms. The lowest BCUT2D eigenvalue weighted by Crippen LogP contribution is -2.11. The Labute approximate surface area is 72.3 Å². The number of hydrogen-bond acceptors (Lipinski definition) is 3. The van der Waals surface area contributed by atoms with Crippen molar-refractivity contribution in [3.8, 4) is 0 Å². The van der Waals surface area contributed by atoms with Crippen LogP contribution in [-0.4, -0.2) is 4.98 Å². The highest BCUT2D eigenvalue weighted by Crippen LogP contribution is 2.31. The van der Waals surface area contributed by atoms with E-state index in [9.17, 15) is 13.2 Å². The second-order valence-electron chi connectivity index (χ2n) is 2.34. The van der Waals surface area contributed by atoms with E-state index in [0.717, 1.165) is 18.5 Å². The molecule has 0 aliphatic rings. The SMILES string of the molecule is NOCc1cnccc1C(F)(F)F. The van der Waals surface area contributed by atoms with E-state index >= 15 is 0 Å². The van der Waals surface area contributed by atoms with Crippen LogP contribution in [-0.2, 0) is 17.6 Å². The summed E-state index contributed by atoms with van der Waals surface area (Å²) in [5.74, 6) is 4.68. The molecule has 0 saturated heterocycles. The predicted molar refractivity (Wildman–Crippen MR) is 38.2 cm³/mol. The number of pyridine rings is 1. The Morgan fingerprint density at radius 1 is 1.46 bits per heavy atom. The van der Waals surface area contributed by atoms with E-state index in [2.05, 4.69) is 15.7 Å². The third-order valence-electron chi connectivity index (χ3n) is 1.45. The molecule has 1 aromatic heterocycles. The lowest BCUT2D eigenvalue weighted by Gasteiger charge is -2.10. The van der Waals surface area contributed by atoms with E-state index < -0.39 is 11.7 Å². The molecule has 6 heteroatoms. The highest BCUT2D eigenvalue weighted by Gasteiger charge is 2.33. The minimum absolute atomic E-state index is 0.0718. The van der Waals surface area contributed by atoms with Gasteiger partial charge in [-0.15, -0.1) is 0 Å². The van der Waals surface area contributed by atoms with Gasteiger partial charge in [-0.25, -0.2) is 5.90 Å². The summed E-state index contributed by atoms with van der Waals surface area (Å²) >= 11 is 0. The molecule has 0 bridgehead atoms. The van der Waals surface area contributed by atoms with Crippen molar-refractivity contribution in [2.45, 2.75) is 12.8 Å². The van der Waals surface area contributed by atoms with Crippen LogP contribution in [0, 0.1) is 0 Å². The zero-order valence-electron chi connectivity index (χ0n) is 6.51. The molecule has 0 aliphatic heterocycles. The molecule has 0 radical (unpaired) electrons. The Balaban J connectivity index is 3.05. The second kappa shape index (κ2) is 3.71. The highest BCUT2D eigenvalue weighted by atomic mass is 19.4. The molecule has 72 valence electrons. The van der Waals surface area contributed by atoms with Crippen molar-refractivity contribution >= 4 is 0 Å². The van der Waals surface area contributed by atoms with Crippen molar-refractivity contribution in [1.29, 1.82) is 0 Å². The van der Waals surface area contributed by atoms with Gasteiger partial charge in [-0.3, -0.25) is 9.82 Å². The van der Waals surface area contributed by atoms with Crippen molar-refractivity contribution < 1.29 is 18.0 Å². The van der Waals surface area contributed by atoms with Crippen LogP contribution < -0.4 is 5.90 Å². The first-order valence-corrected chi connectivity index (χ1v) is 3.37. The molecule has 0 atom stereocenters. The van der Waals surface area contributed by atoms with Crippen LogP contribution in [0.2, 0.25) is 0 Å². The molecular formula is C7H7F3N2O. The summed E-state index contributed by atoms with van der Waals surface area (Å²) in [4.78, 5) is 7.67. The third-order valence-corrected chi connectivity index (χ3v) is 1.45. The number of halogens is 3. The first kappa shape index (κ1) is 9.94. The number of hydrogen-bond donors (Lipinski definition) is 1. The van der Waals surface area contributed by atoms with Gasteiger partial charge in [0, 0.05) is 18.0 Å². The van der Waals surface area contributed by atoms with Crippen LogP contribution in [0.1, 0.15) is 11.1 Å². The largest absolute Gasteiger partial charge is 0.416 e.